The summed E-state index contributed by atoms with van der Waals surface area (Å²) in [5.41, 5.74) is 0.791. The third-order valence-electron chi connectivity index (χ3n) is 6.75. The topological polar surface area (TPSA) is 135 Å². The predicted octanol–water partition coefficient (Wildman–Crippen LogP) is 4.24. The number of rotatable bonds is 10. The van der Waals surface area contributed by atoms with E-state index in [0.717, 1.165) is 0 Å². The second kappa shape index (κ2) is 14.2. The maximum absolute atomic E-state index is 13.2. The van der Waals surface area contributed by atoms with Crippen LogP contribution >= 0.6 is 0 Å². The van der Waals surface area contributed by atoms with Crippen molar-refractivity contribution >= 4 is 23.9 Å². The first-order chi connectivity index (χ1) is 21.4. The molecule has 1 aliphatic rings. The molecule has 0 saturated carbocycles. The lowest BCUT2D eigenvalue weighted by Crippen LogP contribution is -2.47. The van der Waals surface area contributed by atoms with Crippen molar-refractivity contribution in [1.29, 1.82) is 0 Å². The van der Waals surface area contributed by atoms with Crippen LogP contribution in [0.4, 0.5) is 0 Å². The first-order valence-electron chi connectivity index (χ1n) is 13.7. The monoisotopic (exact) mass is 596 g/mol. The lowest BCUT2D eigenvalue weighted by Gasteiger charge is -2.28. The third kappa shape index (κ3) is 7.35. The number of hydrogen-bond acceptors (Lipinski definition) is 10. The molecule has 0 radical (unpaired) electrons. The first kappa shape index (κ1) is 30.1. The highest BCUT2D eigenvalue weighted by Gasteiger charge is 2.53. The maximum Gasteiger partial charge on any atom is 0.338 e. The van der Waals surface area contributed by atoms with Gasteiger partial charge in [-0.1, -0.05) is 72.8 Å². The van der Waals surface area contributed by atoms with Crippen LogP contribution in [-0.2, 0) is 23.7 Å². The molecule has 10 heteroatoms. The van der Waals surface area contributed by atoms with E-state index in [9.17, 15) is 24.3 Å². The number of carbonyl (C=O) groups is 4. The Morgan fingerprint density at radius 1 is 0.568 bits per heavy atom. The Morgan fingerprint density at radius 3 is 1.41 bits per heavy atom. The molecule has 0 aromatic heterocycles. The summed E-state index contributed by atoms with van der Waals surface area (Å²) in [5.74, 6) is -3.13. The van der Waals surface area contributed by atoms with Crippen LogP contribution in [0, 0.1) is 0 Å². The average Bonchev–Trinajstić information content (AvgIpc) is 3.37. The molecule has 1 aliphatic heterocycles. The summed E-state index contributed by atoms with van der Waals surface area (Å²) in [5, 5.41) is 10.9. The summed E-state index contributed by atoms with van der Waals surface area (Å²) >= 11 is 0. The largest absolute Gasteiger partial charge is 0.458 e. The summed E-state index contributed by atoms with van der Waals surface area (Å²) in [6.45, 7) is -0.539. The molecule has 0 spiro atoms. The first-order valence-corrected chi connectivity index (χ1v) is 13.7. The molecular formula is C34H28O10. The zero-order valence-corrected chi connectivity index (χ0v) is 23.3. The number of aliphatic hydroxyl groups is 1. The number of carbonyl (C=O) groups excluding carboxylic acids is 4. The highest BCUT2D eigenvalue weighted by Crippen LogP contribution is 2.31. The van der Waals surface area contributed by atoms with E-state index in [1.54, 1.807) is 84.9 Å². The molecule has 224 valence electrons. The van der Waals surface area contributed by atoms with Crippen molar-refractivity contribution in [2.75, 3.05) is 6.61 Å². The van der Waals surface area contributed by atoms with Crippen molar-refractivity contribution in [3.8, 4) is 0 Å². The molecule has 1 saturated heterocycles. The number of ether oxygens (including phenoxy) is 5. The molecule has 5 rings (SSSR count). The van der Waals surface area contributed by atoms with Gasteiger partial charge in [-0.25, -0.2) is 19.2 Å². The second-order valence-corrected chi connectivity index (χ2v) is 9.74. The zero-order chi connectivity index (χ0) is 30.9. The van der Waals surface area contributed by atoms with Gasteiger partial charge < -0.3 is 28.8 Å². The molecule has 4 aromatic carbocycles. The molecule has 5 atom stereocenters. The van der Waals surface area contributed by atoms with Crippen molar-refractivity contribution in [2.24, 2.45) is 0 Å². The van der Waals surface area contributed by atoms with Crippen LogP contribution in [0.3, 0.4) is 0 Å². The van der Waals surface area contributed by atoms with Crippen molar-refractivity contribution in [1.82, 2.24) is 0 Å². The normalized spacial score (nSPS) is 19.8. The van der Waals surface area contributed by atoms with Gasteiger partial charge in [-0.3, -0.25) is 0 Å². The molecule has 0 aliphatic carbocycles. The Balaban J connectivity index is 1.45. The quantitative estimate of drug-likeness (QED) is 0.209. The fourth-order valence-corrected chi connectivity index (χ4v) is 4.55. The molecule has 1 fully saturated rings. The van der Waals surface area contributed by atoms with E-state index in [2.05, 4.69) is 0 Å². The molecule has 0 bridgehead atoms. The molecule has 44 heavy (non-hydrogen) atoms. The van der Waals surface area contributed by atoms with Crippen molar-refractivity contribution in [2.45, 2.75) is 30.7 Å². The number of aliphatic hydroxyl groups excluding tert-OH is 1. The van der Waals surface area contributed by atoms with Gasteiger partial charge >= 0.3 is 23.9 Å². The molecule has 4 aromatic rings. The van der Waals surface area contributed by atoms with Gasteiger partial charge in [0.05, 0.1) is 22.3 Å². The molecule has 1 N–H and O–H groups in total. The van der Waals surface area contributed by atoms with Gasteiger partial charge in [0, 0.05) is 0 Å². The molecule has 0 unspecified atom stereocenters. The average molecular weight is 597 g/mol. The maximum atomic E-state index is 13.2. The SMILES string of the molecule is O=C(OC[C@H](OC(=O)c1ccccc1)[C@H]1O[C@@H](O)[C@@H](OC(=O)c2ccccc2)[C@H]1OC(=O)c1ccccc1)c1ccccc1. The van der Waals surface area contributed by atoms with Gasteiger partial charge in [0.15, 0.2) is 24.6 Å². The minimum Gasteiger partial charge on any atom is -0.458 e. The molecular weight excluding hydrogens is 568 g/mol. The highest BCUT2D eigenvalue weighted by atomic mass is 16.7. The Bertz CT molecular complexity index is 1560. The van der Waals surface area contributed by atoms with Crippen LogP contribution in [0.2, 0.25) is 0 Å². The minimum absolute atomic E-state index is 0.175. The van der Waals surface area contributed by atoms with Gasteiger partial charge in [-0.2, -0.15) is 0 Å². The summed E-state index contributed by atoms with van der Waals surface area (Å²) in [7, 11) is 0. The summed E-state index contributed by atoms with van der Waals surface area (Å²) in [6, 6.07) is 32.2. The van der Waals surface area contributed by atoms with Crippen LogP contribution in [0.15, 0.2) is 121 Å². The van der Waals surface area contributed by atoms with Crippen LogP contribution < -0.4 is 0 Å². The molecule has 1 heterocycles. The predicted molar refractivity (Wildman–Crippen MR) is 155 cm³/mol. The summed E-state index contributed by atoms with van der Waals surface area (Å²) in [6.07, 6.45) is -7.61. The summed E-state index contributed by atoms with van der Waals surface area (Å²) < 4.78 is 28.3. The van der Waals surface area contributed by atoms with E-state index in [0.29, 0.717) is 0 Å². The number of esters is 4. The molecule has 0 amide bonds. The van der Waals surface area contributed by atoms with Gasteiger partial charge in [-0.15, -0.1) is 0 Å². The van der Waals surface area contributed by atoms with Crippen molar-refractivity contribution < 1.29 is 48.0 Å². The van der Waals surface area contributed by atoms with Crippen LogP contribution in [0.25, 0.3) is 0 Å². The van der Waals surface area contributed by atoms with E-state index in [4.69, 9.17) is 23.7 Å². The van der Waals surface area contributed by atoms with Gasteiger partial charge in [0.2, 0.25) is 0 Å². The van der Waals surface area contributed by atoms with Crippen LogP contribution in [0.5, 0.6) is 0 Å². The van der Waals surface area contributed by atoms with Crippen LogP contribution in [0.1, 0.15) is 41.4 Å². The van der Waals surface area contributed by atoms with Gasteiger partial charge in [-0.05, 0) is 48.5 Å². The Morgan fingerprint density at radius 2 is 0.955 bits per heavy atom. The lowest BCUT2D eigenvalue weighted by molar-refractivity contribution is -0.153. The fourth-order valence-electron chi connectivity index (χ4n) is 4.55. The summed E-state index contributed by atoms with van der Waals surface area (Å²) in [4.78, 5) is 52.1. The smallest absolute Gasteiger partial charge is 0.338 e. The minimum atomic E-state index is -1.79. The highest BCUT2D eigenvalue weighted by molar-refractivity contribution is 5.91. The fraction of sp³-hybridized carbons (Fsp3) is 0.176. The Labute approximate surface area is 252 Å². The Hall–Kier alpha value is -5.32. The third-order valence-corrected chi connectivity index (χ3v) is 6.75. The number of benzene rings is 4. The van der Waals surface area contributed by atoms with E-state index >= 15 is 0 Å². The van der Waals surface area contributed by atoms with Crippen LogP contribution in [-0.4, -0.2) is 66.3 Å². The standard InChI is InChI=1S/C34H28O10/c35-30(22-13-5-1-6-14-22)40-21-26(41-31(36)23-15-7-2-8-16-23)27-28(43-32(37)24-17-9-3-10-18-24)29(34(39)42-27)44-33(38)25-19-11-4-12-20-25/h1-20,26-29,34,39H,21H2/t26-,27+,28-,29-,34+/m0/s1. The van der Waals surface area contributed by atoms with Gasteiger partial charge in [0.25, 0.3) is 0 Å². The van der Waals surface area contributed by atoms with Gasteiger partial charge in [0.1, 0.15) is 12.7 Å². The van der Waals surface area contributed by atoms with E-state index < -0.39 is 61.2 Å². The molecule has 10 nitrogen and oxygen atoms in total. The lowest BCUT2D eigenvalue weighted by atomic mass is 10.0. The van der Waals surface area contributed by atoms with E-state index in [1.807, 2.05) is 0 Å². The van der Waals surface area contributed by atoms with E-state index in [-0.39, 0.29) is 22.3 Å². The number of hydrogen-bond donors (Lipinski definition) is 1. The second-order valence-electron chi connectivity index (χ2n) is 9.74. The Kier molecular flexibility index (Phi) is 9.75. The van der Waals surface area contributed by atoms with Crippen molar-refractivity contribution in [3.05, 3.63) is 144 Å². The van der Waals surface area contributed by atoms with Crippen molar-refractivity contribution in [3.63, 3.8) is 0 Å². The zero-order valence-electron chi connectivity index (χ0n) is 23.3. The van der Waals surface area contributed by atoms with E-state index in [1.165, 1.54) is 36.4 Å².